The fraction of sp³-hybridized carbons (Fsp3) is 1.00. The normalized spacial score (nSPS) is 29.2. The zero-order valence-electron chi connectivity index (χ0n) is 10.9. The molecule has 0 aromatic rings. The van der Waals surface area contributed by atoms with Crippen molar-refractivity contribution >= 4 is 22.1 Å². The van der Waals surface area contributed by atoms with Crippen molar-refractivity contribution in [3.8, 4) is 0 Å². The summed E-state index contributed by atoms with van der Waals surface area (Å²) in [6.45, 7) is 1.53. The third kappa shape index (κ3) is 6.08. The van der Waals surface area contributed by atoms with Crippen LogP contribution >= 0.6 is 0 Å². The largest absolute Gasteiger partial charge is 0.290 e. The average Bonchev–Trinajstić information content (AvgIpc) is 2.28. The summed E-state index contributed by atoms with van der Waals surface area (Å²) in [5.74, 6) is 1.19. The summed E-state index contributed by atoms with van der Waals surface area (Å²) in [7, 11) is 1.05. The smallest absolute Gasteiger partial charge is 0.152 e. The summed E-state index contributed by atoms with van der Waals surface area (Å²) in [6.07, 6.45) is 7.86. The maximum absolute atomic E-state index is 11.2. The predicted octanol–water partition coefficient (Wildman–Crippen LogP) is 1.33. The molecule has 4 nitrogen and oxygen atoms in total. The van der Waals surface area contributed by atoms with E-state index in [4.69, 9.17) is 4.18 Å². The van der Waals surface area contributed by atoms with Crippen LogP contribution in [0.3, 0.4) is 0 Å². The van der Waals surface area contributed by atoms with Crippen LogP contribution < -0.4 is 0 Å². The quantitative estimate of drug-likeness (QED) is 0.738. The summed E-state index contributed by atoms with van der Waals surface area (Å²) in [6, 6.07) is 0. The van der Waals surface area contributed by atoms with Crippen LogP contribution in [-0.2, 0) is 26.2 Å². The molecule has 1 saturated carbocycles. The van der Waals surface area contributed by atoms with Gasteiger partial charge in [0, 0.05) is 19.1 Å². The Morgan fingerprint density at radius 2 is 1.65 bits per heavy atom. The second kappa shape index (κ2) is 7.61. The molecule has 0 saturated heterocycles. The van der Waals surface area contributed by atoms with Gasteiger partial charge in [0.1, 0.15) is 0 Å². The summed E-state index contributed by atoms with van der Waals surface area (Å²) >= 11 is -1.14. The monoisotopic (exact) mass is 281 g/mol. The fourth-order valence-electron chi connectivity index (χ4n) is 2.24. The molecule has 102 valence electrons. The van der Waals surface area contributed by atoms with Crippen LogP contribution in [0.2, 0.25) is 0 Å². The van der Waals surface area contributed by atoms with Gasteiger partial charge in [0.05, 0.1) is 17.6 Å². The van der Waals surface area contributed by atoms with Gasteiger partial charge in [-0.05, 0) is 44.6 Å². The molecule has 1 aliphatic carbocycles. The van der Waals surface area contributed by atoms with Crippen LogP contribution in [0, 0.1) is 11.8 Å². The Balaban J connectivity index is 2.21. The van der Waals surface area contributed by atoms with Gasteiger partial charge in [0.2, 0.25) is 0 Å². The van der Waals surface area contributed by atoms with Crippen LogP contribution in [-0.4, -0.2) is 45.4 Å². The lowest BCUT2D eigenvalue weighted by Gasteiger charge is -2.30. The van der Waals surface area contributed by atoms with Gasteiger partial charge in [0.15, 0.2) is 11.1 Å². The van der Waals surface area contributed by atoms with Gasteiger partial charge in [0.25, 0.3) is 0 Å². The third-order valence-electron chi connectivity index (χ3n) is 3.39. The van der Waals surface area contributed by atoms with Crippen LogP contribution in [0.4, 0.5) is 0 Å². The summed E-state index contributed by atoms with van der Waals surface area (Å²) in [5, 5.41) is 0. The summed E-state index contributed by atoms with van der Waals surface area (Å²) < 4.78 is 29.1. The Kier molecular flexibility index (Phi) is 6.84. The number of hydrogen-bond acceptors (Lipinski definition) is 3. The number of rotatable bonds is 6. The lowest BCUT2D eigenvalue weighted by molar-refractivity contribution is 0.186. The van der Waals surface area contributed by atoms with Crippen molar-refractivity contribution in [1.29, 1.82) is 0 Å². The second-order valence-electron chi connectivity index (χ2n) is 4.81. The van der Waals surface area contributed by atoms with Crippen molar-refractivity contribution < 1.29 is 12.6 Å². The molecule has 2 atom stereocenters. The van der Waals surface area contributed by atoms with Crippen LogP contribution in [0.15, 0.2) is 0 Å². The molecular weight excluding hydrogens is 258 g/mol. The van der Waals surface area contributed by atoms with E-state index in [-0.39, 0.29) is 0 Å². The molecule has 1 rings (SSSR count). The molecule has 0 heterocycles. The van der Waals surface area contributed by atoms with Crippen LogP contribution in [0.25, 0.3) is 0 Å². The predicted molar refractivity (Wildman–Crippen MR) is 72.2 cm³/mol. The van der Waals surface area contributed by atoms with E-state index < -0.39 is 22.1 Å². The number of nitrogens with zero attached hydrogens (tertiary/aromatic N) is 1. The molecule has 2 unspecified atom stereocenters. The molecule has 1 fully saturated rings. The van der Waals surface area contributed by atoms with E-state index in [0.29, 0.717) is 18.4 Å². The molecule has 1 aliphatic rings. The first-order valence-corrected chi connectivity index (χ1v) is 9.00. The molecule has 6 heteroatoms. The maximum atomic E-state index is 11.2. The highest BCUT2D eigenvalue weighted by Gasteiger charge is 2.23. The fourth-order valence-corrected chi connectivity index (χ4v) is 3.05. The summed E-state index contributed by atoms with van der Waals surface area (Å²) in [4.78, 5) is 0. The number of hydrogen-bond donors (Lipinski definition) is 0. The van der Waals surface area contributed by atoms with Gasteiger partial charge in [-0.2, -0.15) is 0 Å². The van der Waals surface area contributed by atoms with Gasteiger partial charge in [-0.15, -0.1) is 0 Å². The Morgan fingerprint density at radius 1 is 1.12 bits per heavy atom. The Labute approximate surface area is 109 Å². The highest BCUT2D eigenvalue weighted by atomic mass is 32.2. The molecule has 0 spiro atoms. The SMILES string of the molecule is CN(CC1CCC(COS(C)=O)CC1)S(C)=O. The second-order valence-corrected chi connectivity index (χ2v) is 7.32. The van der Waals surface area contributed by atoms with Crippen molar-refractivity contribution in [3.05, 3.63) is 0 Å². The molecule has 0 bridgehead atoms. The van der Waals surface area contributed by atoms with Gasteiger partial charge in [-0.25, -0.2) is 12.7 Å². The highest BCUT2D eigenvalue weighted by molar-refractivity contribution is 7.81. The molecule has 17 heavy (non-hydrogen) atoms. The molecule has 0 N–H and O–H groups in total. The first-order chi connectivity index (χ1) is 7.99. The molecular formula is C11H23NO3S2. The zero-order chi connectivity index (χ0) is 12.8. The van der Waals surface area contributed by atoms with E-state index in [1.807, 2.05) is 11.4 Å². The first kappa shape index (κ1) is 15.3. The van der Waals surface area contributed by atoms with Crippen molar-refractivity contribution in [3.63, 3.8) is 0 Å². The summed E-state index contributed by atoms with van der Waals surface area (Å²) in [5.41, 5.74) is 0. The minimum absolute atomic E-state index is 0.549. The van der Waals surface area contributed by atoms with E-state index in [1.165, 1.54) is 0 Å². The van der Waals surface area contributed by atoms with Crippen molar-refractivity contribution in [2.75, 3.05) is 32.7 Å². The van der Waals surface area contributed by atoms with Gasteiger partial charge >= 0.3 is 0 Å². The average molecular weight is 281 g/mol. The van der Waals surface area contributed by atoms with Crippen LogP contribution in [0.5, 0.6) is 0 Å². The van der Waals surface area contributed by atoms with E-state index in [2.05, 4.69) is 0 Å². The lowest BCUT2D eigenvalue weighted by Crippen LogP contribution is -2.30. The molecule has 0 aromatic heterocycles. The highest BCUT2D eigenvalue weighted by Crippen LogP contribution is 2.29. The Morgan fingerprint density at radius 3 is 2.12 bits per heavy atom. The molecule has 0 radical (unpaired) electrons. The van der Waals surface area contributed by atoms with Gasteiger partial charge in [-0.1, -0.05) is 0 Å². The lowest BCUT2D eigenvalue weighted by atomic mass is 9.82. The zero-order valence-corrected chi connectivity index (χ0v) is 12.5. The maximum Gasteiger partial charge on any atom is 0.152 e. The van der Waals surface area contributed by atoms with Crippen LogP contribution in [0.1, 0.15) is 25.7 Å². The standard InChI is InChI=1S/C11H23NO3S2/c1-12(16(2)13)8-10-4-6-11(7-5-10)9-15-17(3)14/h10-11H,4-9H2,1-3H3. The van der Waals surface area contributed by atoms with E-state index in [9.17, 15) is 8.42 Å². The minimum atomic E-state index is -1.14. The van der Waals surface area contributed by atoms with E-state index in [0.717, 1.165) is 32.2 Å². The Bertz CT molecular complexity index is 278. The molecule has 0 aliphatic heterocycles. The van der Waals surface area contributed by atoms with E-state index >= 15 is 0 Å². The molecule has 0 aromatic carbocycles. The minimum Gasteiger partial charge on any atom is -0.290 e. The Hall–Kier alpha value is 0.220. The third-order valence-corrected chi connectivity index (χ3v) is 4.89. The van der Waals surface area contributed by atoms with Crippen molar-refractivity contribution in [1.82, 2.24) is 4.31 Å². The topological polar surface area (TPSA) is 46.6 Å². The first-order valence-electron chi connectivity index (χ1n) is 6.00. The van der Waals surface area contributed by atoms with E-state index in [1.54, 1.807) is 12.5 Å². The van der Waals surface area contributed by atoms with Gasteiger partial charge in [-0.3, -0.25) is 4.18 Å². The molecule has 0 amide bonds. The van der Waals surface area contributed by atoms with Gasteiger partial charge < -0.3 is 0 Å². The van der Waals surface area contributed by atoms with Crippen molar-refractivity contribution in [2.45, 2.75) is 25.7 Å². The van der Waals surface area contributed by atoms with Crippen molar-refractivity contribution in [2.24, 2.45) is 11.8 Å².